The second kappa shape index (κ2) is 7.87. The van der Waals surface area contributed by atoms with Crippen molar-refractivity contribution < 1.29 is 0 Å². The summed E-state index contributed by atoms with van der Waals surface area (Å²) in [5, 5.41) is 7.50. The van der Waals surface area contributed by atoms with Gasteiger partial charge >= 0.3 is 0 Å². The third-order valence-electron chi connectivity index (χ3n) is 2.88. The van der Waals surface area contributed by atoms with E-state index in [1.807, 2.05) is 29.4 Å². The van der Waals surface area contributed by atoms with Crippen molar-refractivity contribution in [3.8, 4) is 0 Å². The second-order valence-corrected chi connectivity index (χ2v) is 5.63. The van der Waals surface area contributed by atoms with E-state index in [1.54, 1.807) is 18.0 Å². The molecule has 0 aromatic carbocycles. The highest BCUT2D eigenvalue weighted by Gasteiger charge is 2.07. The average molecular weight is 306 g/mol. The second-order valence-electron chi connectivity index (χ2n) is 4.86. The normalized spacial score (nSPS) is 12.1. The van der Waals surface area contributed by atoms with E-state index in [9.17, 15) is 0 Å². The van der Waals surface area contributed by atoms with Crippen LogP contribution in [0.25, 0.3) is 0 Å². The Morgan fingerprint density at radius 1 is 1.33 bits per heavy atom. The van der Waals surface area contributed by atoms with Gasteiger partial charge in [0.1, 0.15) is 11.6 Å². The summed E-state index contributed by atoms with van der Waals surface area (Å²) in [5.74, 6) is 1.72. The average Bonchev–Trinajstić information content (AvgIpc) is 2.97. The largest absolute Gasteiger partial charge is 0.370 e. The molecule has 0 amide bonds. The van der Waals surface area contributed by atoms with Crippen LogP contribution < -0.4 is 10.6 Å². The van der Waals surface area contributed by atoms with Gasteiger partial charge in [-0.2, -0.15) is 0 Å². The number of imidazole rings is 1. The predicted octanol–water partition coefficient (Wildman–Crippen LogP) is 2.72. The lowest BCUT2D eigenvalue weighted by Gasteiger charge is -2.16. The quantitative estimate of drug-likeness (QED) is 0.577. The first-order valence-electron chi connectivity index (χ1n) is 7.10. The summed E-state index contributed by atoms with van der Waals surface area (Å²) in [7, 11) is 0. The third kappa shape index (κ3) is 4.93. The highest BCUT2D eigenvalue weighted by Crippen LogP contribution is 2.18. The third-order valence-corrected chi connectivity index (χ3v) is 3.43. The number of hydrogen-bond acceptors (Lipinski definition) is 6. The van der Waals surface area contributed by atoms with Gasteiger partial charge in [0, 0.05) is 37.6 Å². The molecule has 6 nitrogen and oxygen atoms in total. The van der Waals surface area contributed by atoms with Crippen LogP contribution in [0.15, 0.2) is 29.9 Å². The molecule has 0 aliphatic carbocycles. The van der Waals surface area contributed by atoms with Crippen molar-refractivity contribution in [2.24, 2.45) is 0 Å². The summed E-state index contributed by atoms with van der Waals surface area (Å²) < 4.78 is 2.05. The molecule has 0 aliphatic rings. The van der Waals surface area contributed by atoms with Gasteiger partial charge in [-0.25, -0.2) is 15.0 Å². The van der Waals surface area contributed by atoms with Crippen molar-refractivity contribution >= 4 is 23.4 Å². The van der Waals surface area contributed by atoms with Crippen molar-refractivity contribution in [3.05, 3.63) is 24.8 Å². The number of hydrogen-bond donors (Lipinski definition) is 2. The topological polar surface area (TPSA) is 67.7 Å². The minimum atomic E-state index is 0.253. The van der Waals surface area contributed by atoms with Gasteiger partial charge in [0.25, 0.3) is 0 Å². The van der Waals surface area contributed by atoms with Crippen LogP contribution in [0.3, 0.4) is 0 Å². The van der Waals surface area contributed by atoms with Crippen molar-refractivity contribution in [2.45, 2.75) is 38.0 Å². The molecule has 7 heteroatoms. The Balaban J connectivity index is 2.03. The molecular weight excluding hydrogens is 284 g/mol. The number of rotatable bonds is 8. The Labute approximate surface area is 129 Å². The number of nitrogens with zero attached hydrogens (tertiary/aromatic N) is 4. The maximum Gasteiger partial charge on any atom is 0.191 e. The first-order valence-corrected chi connectivity index (χ1v) is 8.33. The molecule has 0 bridgehead atoms. The minimum absolute atomic E-state index is 0.253. The van der Waals surface area contributed by atoms with Crippen molar-refractivity contribution in [2.75, 3.05) is 23.4 Å². The molecule has 2 aromatic heterocycles. The summed E-state index contributed by atoms with van der Waals surface area (Å²) in [5.41, 5.74) is 0. The predicted molar refractivity (Wildman–Crippen MR) is 87.9 cm³/mol. The van der Waals surface area contributed by atoms with E-state index < -0.39 is 0 Å². The van der Waals surface area contributed by atoms with E-state index in [4.69, 9.17) is 0 Å². The molecule has 1 unspecified atom stereocenters. The van der Waals surface area contributed by atoms with Gasteiger partial charge in [-0.3, -0.25) is 0 Å². The maximum atomic E-state index is 4.51. The Morgan fingerprint density at radius 3 is 2.81 bits per heavy atom. The fourth-order valence-electron chi connectivity index (χ4n) is 1.94. The molecule has 2 N–H and O–H groups in total. The fraction of sp³-hybridized carbons (Fsp3) is 0.500. The van der Waals surface area contributed by atoms with Crippen LogP contribution in [0, 0.1) is 0 Å². The van der Waals surface area contributed by atoms with E-state index in [2.05, 4.69) is 39.4 Å². The highest BCUT2D eigenvalue weighted by molar-refractivity contribution is 7.98. The SMILES string of the molecule is CCCNc1cc(NC(C)Cn2ccnc2)nc(SC)n1. The fourth-order valence-corrected chi connectivity index (χ4v) is 2.32. The van der Waals surface area contributed by atoms with Crippen LogP contribution in [0.2, 0.25) is 0 Å². The maximum absolute atomic E-state index is 4.51. The molecular formula is C14H22N6S. The molecule has 0 saturated heterocycles. The molecule has 114 valence electrons. The molecule has 0 spiro atoms. The minimum Gasteiger partial charge on any atom is -0.370 e. The van der Waals surface area contributed by atoms with Crippen LogP contribution in [0.5, 0.6) is 0 Å². The summed E-state index contributed by atoms with van der Waals surface area (Å²) >= 11 is 1.55. The van der Waals surface area contributed by atoms with Crippen molar-refractivity contribution in [1.29, 1.82) is 0 Å². The van der Waals surface area contributed by atoms with Crippen molar-refractivity contribution in [3.63, 3.8) is 0 Å². The Bertz CT molecular complexity index is 542. The summed E-state index contributed by atoms with van der Waals surface area (Å²) in [4.78, 5) is 13.0. The first kappa shape index (κ1) is 15.6. The van der Waals surface area contributed by atoms with Crippen LogP contribution in [0.4, 0.5) is 11.6 Å². The number of nitrogens with one attached hydrogen (secondary N) is 2. The first-order chi connectivity index (χ1) is 10.2. The molecule has 1 atom stereocenters. The highest BCUT2D eigenvalue weighted by atomic mass is 32.2. The van der Waals surface area contributed by atoms with Gasteiger partial charge in [0.15, 0.2) is 5.16 Å². The van der Waals surface area contributed by atoms with Crippen LogP contribution in [-0.4, -0.2) is 38.4 Å². The van der Waals surface area contributed by atoms with Gasteiger partial charge in [-0.05, 0) is 19.6 Å². The van der Waals surface area contributed by atoms with Gasteiger partial charge in [-0.15, -0.1) is 0 Å². The summed E-state index contributed by atoms with van der Waals surface area (Å²) in [6, 6.07) is 2.21. The van der Waals surface area contributed by atoms with Crippen LogP contribution in [-0.2, 0) is 6.54 Å². The van der Waals surface area contributed by atoms with Gasteiger partial charge < -0.3 is 15.2 Å². The Kier molecular flexibility index (Phi) is 5.86. The van der Waals surface area contributed by atoms with Gasteiger partial charge in [0.05, 0.1) is 6.33 Å². The van der Waals surface area contributed by atoms with Crippen LogP contribution >= 0.6 is 11.8 Å². The van der Waals surface area contributed by atoms with Crippen molar-refractivity contribution in [1.82, 2.24) is 19.5 Å². The zero-order valence-electron chi connectivity index (χ0n) is 12.7. The smallest absolute Gasteiger partial charge is 0.191 e. The summed E-state index contributed by atoms with van der Waals surface area (Å²) in [6.45, 7) is 6.02. The van der Waals surface area contributed by atoms with Gasteiger partial charge in [0.2, 0.25) is 0 Å². The lowest BCUT2D eigenvalue weighted by molar-refractivity contribution is 0.616. The number of thioether (sulfide) groups is 1. The van der Waals surface area contributed by atoms with E-state index >= 15 is 0 Å². The number of aromatic nitrogens is 4. The lowest BCUT2D eigenvalue weighted by Crippen LogP contribution is -2.22. The summed E-state index contributed by atoms with van der Waals surface area (Å²) in [6.07, 6.45) is 8.62. The monoisotopic (exact) mass is 306 g/mol. The van der Waals surface area contributed by atoms with E-state index in [0.717, 1.165) is 36.3 Å². The molecule has 0 fully saturated rings. The van der Waals surface area contributed by atoms with Crippen LogP contribution in [0.1, 0.15) is 20.3 Å². The standard InChI is InChI=1S/C14H22N6S/c1-4-5-16-12-8-13(19-14(18-12)21-3)17-11(2)9-20-7-6-15-10-20/h6-8,10-11H,4-5,9H2,1-3H3,(H2,16,17,18,19). The molecule has 0 radical (unpaired) electrons. The van der Waals surface area contributed by atoms with E-state index in [0.29, 0.717) is 0 Å². The van der Waals surface area contributed by atoms with E-state index in [-0.39, 0.29) is 6.04 Å². The molecule has 2 rings (SSSR count). The van der Waals surface area contributed by atoms with E-state index in [1.165, 1.54) is 0 Å². The molecule has 2 aromatic rings. The molecule has 2 heterocycles. The Hall–Kier alpha value is -1.76. The zero-order chi connectivity index (χ0) is 15.1. The zero-order valence-corrected chi connectivity index (χ0v) is 13.5. The molecule has 0 saturated carbocycles. The number of anilines is 2. The molecule has 0 aliphatic heterocycles. The van der Waals surface area contributed by atoms with Gasteiger partial charge in [-0.1, -0.05) is 18.7 Å². The molecule has 21 heavy (non-hydrogen) atoms. The Morgan fingerprint density at radius 2 is 2.14 bits per heavy atom. The lowest BCUT2D eigenvalue weighted by atomic mass is 10.3.